The Labute approximate surface area is 164 Å². The number of halogens is 3. The summed E-state index contributed by atoms with van der Waals surface area (Å²) in [6.45, 7) is 4.42. The van der Waals surface area contributed by atoms with Crippen LogP contribution in [0.1, 0.15) is 46.0 Å². The zero-order valence-corrected chi connectivity index (χ0v) is 16.9. The molecule has 2 amide bonds. The third-order valence-electron chi connectivity index (χ3n) is 5.99. The molecule has 26 heavy (non-hydrogen) atoms. The van der Waals surface area contributed by atoms with Gasteiger partial charge < -0.3 is 9.80 Å². The fourth-order valence-electron chi connectivity index (χ4n) is 4.34. The number of hydrogen-bond donors (Lipinski definition) is 1. The van der Waals surface area contributed by atoms with Crippen molar-refractivity contribution in [2.45, 2.75) is 74.6 Å². The minimum absolute atomic E-state index is 0.0852. The number of amides is 2. The van der Waals surface area contributed by atoms with Crippen LogP contribution in [0.15, 0.2) is 0 Å². The van der Waals surface area contributed by atoms with E-state index < -0.39 is 17.9 Å². The number of piperidine rings is 1. The summed E-state index contributed by atoms with van der Waals surface area (Å²) >= 11 is 12.2. The first kappa shape index (κ1) is 20.2. The van der Waals surface area contributed by atoms with Crippen LogP contribution in [-0.2, 0) is 9.59 Å². The van der Waals surface area contributed by atoms with Crippen LogP contribution in [0, 0.1) is 5.92 Å². The predicted molar refractivity (Wildman–Crippen MR) is 100 cm³/mol. The van der Waals surface area contributed by atoms with Crippen molar-refractivity contribution in [2.75, 3.05) is 19.6 Å². The molecule has 5 nitrogen and oxygen atoms in total. The van der Waals surface area contributed by atoms with Gasteiger partial charge in [-0.25, -0.2) is 4.39 Å². The number of carbonyl (C=O) groups excluding carboxylic acids is 2. The minimum Gasteiger partial charge on any atom is -0.327 e. The maximum atomic E-state index is 14.5. The third kappa shape index (κ3) is 3.97. The van der Waals surface area contributed by atoms with E-state index in [-0.39, 0.29) is 35.5 Å². The van der Waals surface area contributed by atoms with Crippen LogP contribution >= 0.6 is 23.2 Å². The molecule has 2 aliphatic heterocycles. The lowest BCUT2D eigenvalue weighted by atomic mass is 9.86. The summed E-state index contributed by atoms with van der Waals surface area (Å²) < 4.78 is 14.5. The predicted octanol–water partition coefficient (Wildman–Crippen LogP) is 2.50. The SMILES string of the molecule is CC1(C)C(=O)N(C2NCC(Cl)CC2F)CC(=O)N1CC1CCC(Cl)CC1. The molecule has 8 heteroatoms. The molecule has 1 saturated carbocycles. The lowest BCUT2D eigenvalue weighted by Crippen LogP contribution is -2.71. The average Bonchev–Trinajstić information content (AvgIpc) is 2.57. The molecular weight excluding hydrogens is 380 g/mol. The van der Waals surface area contributed by atoms with Crippen LogP contribution in [0.4, 0.5) is 4.39 Å². The summed E-state index contributed by atoms with van der Waals surface area (Å²) in [5, 5.41) is 2.92. The van der Waals surface area contributed by atoms with E-state index in [4.69, 9.17) is 23.2 Å². The van der Waals surface area contributed by atoms with Crippen LogP contribution in [0.2, 0.25) is 0 Å². The summed E-state index contributed by atoms with van der Waals surface area (Å²) in [5.41, 5.74) is -0.980. The first-order chi connectivity index (χ1) is 12.2. The highest BCUT2D eigenvalue weighted by atomic mass is 35.5. The Bertz CT molecular complexity index is 555. The second-order valence-corrected chi connectivity index (χ2v) is 9.55. The first-order valence-electron chi connectivity index (χ1n) is 9.47. The van der Waals surface area contributed by atoms with E-state index in [9.17, 15) is 14.0 Å². The van der Waals surface area contributed by atoms with E-state index in [0.717, 1.165) is 25.7 Å². The molecule has 148 valence electrons. The van der Waals surface area contributed by atoms with Crippen molar-refractivity contribution in [1.29, 1.82) is 0 Å². The van der Waals surface area contributed by atoms with E-state index in [2.05, 4.69) is 5.32 Å². The van der Waals surface area contributed by atoms with Crippen LogP contribution < -0.4 is 5.32 Å². The van der Waals surface area contributed by atoms with Gasteiger partial charge in [0.1, 0.15) is 24.4 Å². The van der Waals surface area contributed by atoms with Gasteiger partial charge in [-0.05, 0) is 51.9 Å². The van der Waals surface area contributed by atoms with Crippen molar-refractivity contribution in [2.24, 2.45) is 5.92 Å². The molecule has 0 aromatic carbocycles. The Kier molecular flexibility index (Phi) is 6.05. The first-order valence-corrected chi connectivity index (χ1v) is 10.3. The van der Waals surface area contributed by atoms with Crippen molar-refractivity contribution in [3.63, 3.8) is 0 Å². The van der Waals surface area contributed by atoms with Gasteiger partial charge in [0, 0.05) is 23.8 Å². The number of alkyl halides is 3. The largest absolute Gasteiger partial charge is 0.327 e. The van der Waals surface area contributed by atoms with Crippen LogP contribution in [0.25, 0.3) is 0 Å². The van der Waals surface area contributed by atoms with Crippen LogP contribution in [-0.4, -0.2) is 69.9 Å². The van der Waals surface area contributed by atoms with Gasteiger partial charge in [-0.3, -0.25) is 14.9 Å². The van der Waals surface area contributed by atoms with Crippen molar-refractivity contribution in [3.05, 3.63) is 0 Å². The Morgan fingerprint density at radius 2 is 1.81 bits per heavy atom. The molecule has 0 bridgehead atoms. The lowest BCUT2D eigenvalue weighted by molar-refractivity contribution is -0.168. The molecule has 0 spiro atoms. The van der Waals surface area contributed by atoms with Crippen LogP contribution in [0.3, 0.4) is 0 Å². The number of nitrogens with one attached hydrogen (secondary N) is 1. The molecule has 0 aromatic heterocycles. The van der Waals surface area contributed by atoms with Gasteiger partial charge in [-0.1, -0.05) is 0 Å². The highest BCUT2D eigenvalue weighted by molar-refractivity contribution is 6.21. The number of rotatable bonds is 3. The Hall–Kier alpha value is -0.590. The molecule has 1 aliphatic carbocycles. The van der Waals surface area contributed by atoms with Gasteiger partial charge >= 0.3 is 0 Å². The summed E-state index contributed by atoms with van der Waals surface area (Å²) in [4.78, 5) is 29.0. The highest BCUT2D eigenvalue weighted by Gasteiger charge is 2.50. The zero-order chi connectivity index (χ0) is 19.1. The second-order valence-electron chi connectivity index (χ2n) is 8.32. The van der Waals surface area contributed by atoms with E-state index in [1.54, 1.807) is 18.7 Å². The second kappa shape index (κ2) is 7.80. The highest BCUT2D eigenvalue weighted by Crippen LogP contribution is 2.33. The summed E-state index contributed by atoms with van der Waals surface area (Å²) in [6, 6.07) is 0. The van der Waals surface area contributed by atoms with Gasteiger partial charge in [0.15, 0.2) is 0 Å². The normalized spacial score (nSPS) is 38.6. The number of piperazine rings is 1. The number of nitrogens with zero attached hydrogens (tertiary/aromatic N) is 2. The molecular formula is C18H28Cl2FN3O2. The van der Waals surface area contributed by atoms with Gasteiger partial charge in [0.05, 0.1) is 0 Å². The van der Waals surface area contributed by atoms with Gasteiger partial charge in [-0.15, -0.1) is 23.2 Å². The molecule has 3 rings (SSSR count). The van der Waals surface area contributed by atoms with Crippen molar-refractivity contribution in [1.82, 2.24) is 15.1 Å². The topological polar surface area (TPSA) is 52.7 Å². The Morgan fingerprint density at radius 3 is 2.42 bits per heavy atom. The molecule has 3 aliphatic rings. The number of carbonyl (C=O) groups is 2. The smallest absolute Gasteiger partial charge is 0.249 e. The van der Waals surface area contributed by atoms with E-state index in [1.807, 2.05) is 0 Å². The van der Waals surface area contributed by atoms with Crippen molar-refractivity contribution in [3.8, 4) is 0 Å². The molecule has 3 atom stereocenters. The average molecular weight is 408 g/mol. The van der Waals surface area contributed by atoms with Gasteiger partial charge in [0.25, 0.3) is 0 Å². The fourth-order valence-corrected chi connectivity index (χ4v) is 4.85. The van der Waals surface area contributed by atoms with E-state index >= 15 is 0 Å². The maximum Gasteiger partial charge on any atom is 0.249 e. The van der Waals surface area contributed by atoms with E-state index in [0.29, 0.717) is 19.0 Å². The zero-order valence-electron chi connectivity index (χ0n) is 15.4. The Balaban J connectivity index is 1.70. The van der Waals surface area contributed by atoms with Gasteiger partial charge in [0.2, 0.25) is 11.8 Å². The van der Waals surface area contributed by atoms with E-state index in [1.165, 1.54) is 4.90 Å². The summed E-state index contributed by atoms with van der Waals surface area (Å²) in [7, 11) is 0. The molecule has 2 saturated heterocycles. The molecule has 1 N–H and O–H groups in total. The third-order valence-corrected chi connectivity index (χ3v) is 6.76. The molecule has 3 fully saturated rings. The minimum atomic E-state index is -1.27. The van der Waals surface area contributed by atoms with Crippen molar-refractivity contribution >= 4 is 35.0 Å². The summed E-state index contributed by atoms with van der Waals surface area (Å²) in [5.74, 6) is 0.0345. The monoisotopic (exact) mass is 407 g/mol. The Morgan fingerprint density at radius 1 is 1.15 bits per heavy atom. The molecule has 0 aromatic rings. The molecule has 2 heterocycles. The lowest BCUT2D eigenvalue weighted by Gasteiger charge is -2.50. The molecule has 0 radical (unpaired) electrons. The summed E-state index contributed by atoms with van der Waals surface area (Å²) in [6.07, 6.45) is 1.97. The number of hydrogen-bond acceptors (Lipinski definition) is 3. The fraction of sp³-hybridized carbons (Fsp3) is 0.889. The quantitative estimate of drug-likeness (QED) is 0.731. The molecule has 3 unspecified atom stereocenters. The van der Waals surface area contributed by atoms with Gasteiger partial charge in [-0.2, -0.15) is 0 Å². The van der Waals surface area contributed by atoms with Crippen molar-refractivity contribution < 1.29 is 14.0 Å². The van der Waals surface area contributed by atoms with Crippen LogP contribution in [0.5, 0.6) is 0 Å². The standard InChI is InChI=1S/C18H28Cl2FN3O2/c1-18(2)17(26)23(16-14(21)7-13(20)8-22-16)10-15(25)24(18)9-11-3-5-12(19)6-4-11/h11-14,16,22H,3-10H2,1-2H3. The maximum absolute atomic E-state index is 14.5.